The Labute approximate surface area is 98.0 Å². The highest BCUT2D eigenvalue weighted by molar-refractivity contribution is 8.00. The van der Waals surface area contributed by atoms with Crippen LogP contribution in [0.25, 0.3) is 0 Å². The Bertz CT molecular complexity index is 418. The van der Waals surface area contributed by atoms with Crippen LogP contribution in [-0.2, 0) is 4.79 Å². The third kappa shape index (κ3) is 3.27. The zero-order valence-corrected chi connectivity index (χ0v) is 9.93. The predicted octanol–water partition coefficient (Wildman–Crippen LogP) is 1.53. The summed E-state index contributed by atoms with van der Waals surface area (Å²) in [5.74, 6) is -0.735. The lowest BCUT2D eigenvalue weighted by Gasteiger charge is -2.04. The topological polar surface area (TPSA) is 66.4 Å². The van der Waals surface area contributed by atoms with Crippen molar-refractivity contribution in [3.05, 3.63) is 29.3 Å². The van der Waals surface area contributed by atoms with Gasteiger partial charge in [-0.15, -0.1) is 11.8 Å². The van der Waals surface area contributed by atoms with Crippen molar-refractivity contribution >= 4 is 23.6 Å². The molecule has 0 aliphatic rings. The van der Waals surface area contributed by atoms with Gasteiger partial charge in [0.25, 0.3) is 0 Å². The summed E-state index contributed by atoms with van der Waals surface area (Å²) in [4.78, 5) is 22.7. The molecule has 0 atom stereocenters. The van der Waals surface area contributed by atoms with Crippen molar-refractivity contribution in [2.45, 2.75) is 11.8 Å². The number of carboxylic acids is 1. The van der Waals surface area contributed by atoms with Gasteiger partial charge in [0.05, 0.1) is 11.3 Å². The number of carbonyl (C=O) groups is 2. The minimum Gasteiger partial charge on any atom is -0.478 e. The number of thioether (sulfide) groups is 1. The molecule has 5 heteroatoms. The molecular weight excluding hydrogens is 226 g/mol. The van der Waals surface area contributed by atoms with Crippen LogP contribution < -0.4 is 5.32 Å². The standard InChI is InChI=1S/C11H13NO3S/c1-7-3-4-8(5-9(7)11(14)15)16-6-10(13)12-2/h3-5H,6H2,1-2H3,(H,12,13)(H,14,15). The average Bonchev–Trinajstić information content (AvgIpc) is 2.27. The lowest BCUT2D eigenvalue weighted by Crippen LogP contribution is -2.19. The van der Waals surface area contributed by atoms with Crippen molar-refractivity contribution in [2.24, 2.45) is 0 Å². The normalized spacial score (nSPS) is 9.88. The number of benzene rings is 1. The predicted molar refractivity (Wildman–Crippen MR) is 62.9 cm³/mol. The van der Waals surface area contributed by atoms with Gasteiger partial charge in [0, 0.05) is 11.9 Å². The van der Waals surface area contributed by atoms with Gasteiger partial charge in [-0.2, -0.15) is 0 Å². The van der Waals surface area contributed by atoms with E-state index in [-0.39, 0.29) is 11.5 Å². The van der Waals surface area contributed by atoms with E-state index in [1.807, 2.05) is 6.07 Å². The fourth-order valence-electron chi connectivity index (χ4n) is 1.14. The third-order valence-electron chi connectivity index (χ3n) is 2.09. The van der Waals surface area contributed by atoms with E-state index in [1.54, 1.807) is 26.1 Å². The second-order valence-corrected chi connectivity index (χ2v) is 4.29. The number of amides is 1. The summed E-state index contributed by atoms with van der Waals surface area (Å²) >= 11 is 1.32. The number of aryl methyl sites for hydroxylation is 1. The van der Waals surface area contributed by atoms with Gasteiger partial charge in [-0.1, -0.05) is 6.07 Å². The Balaban J connectivity index is 2.79. The van der Waals surface area contributed by atoms with E-state index in [2.05, 4.69) is 5.32 Å². The second kappa shape index (κ2) is 5.55. The first-order valence-corrected chi connectivity index (χ1v) is 5.70. The maximum atomic E-state index is 11.0. The van der Waals surface area contributed by atoms with Crippen LogP contribution in [0.1, 0.15) is 15.9 Å². The Hall–Kier alpha value is -1.49. The Morgan fingerprint density at radius 3 is 2.69 bits per heavy atom. The number of nitrogens with one attached hydrogen (secondary N) is 1. The number of hydrogen-bond donors (Lipinski definition) is 2. The molecule has 0 radical (unpaired) electrons. The molecular formula is C11H13NO3S. The van der Waals surface area contributed by atoms with Gasteiger partial charge < -0.3 is 10.4 Å². The minimum absolute atomic E-state index is 0.0811. The van der Waals surface area contributed by atoms with Gasteiger partial charge in [-0.3, -0.25) is 4.79 Å². The van der Waals surface area contributed by atoms with Crippen LogP contribution in [0.2, 0.25) is 0 Å². The van der Waals surface area contributed by atoms with Gasteiger partial charge >= 0.3 is 5.97 Å². The van der Waals surface area contributed by atoms with Crippen molar-refractivity contribution < 1.29 is 14.7 Å². The highest BCUT2D eigenvalue weighted by atomic mass is 32.2. The first kappa shape index (κ1) is 12.6. The fraction of sp³-hybridized carbons (Fsp3) is 0.273. The van der Waals surface area contributed by atoms with Crippen molar-refractivity contribution in [2.75, 3.05) is 12.8 Å². The molecule has 0 fully saturated rings. The molecule has 1 aromatic carbocycles. The summed E-state index contributed by atoms with van der Waals surface area (Å²) < 4.78 is 0. The Morgan fingerprint density at radius 2 is 2.12 bits per heavy atom. The smallest absolute Gasteiger partial charge is 0.335 e. The molecule has 1 amide bonds. The molecule has 0 aliphatic carbocycles. The fourth-order valence-corrected chi connectivity index (χ4v) is 1.95. The molecule has 0 aliphatic heterocycles. The van der Waals surface area contributed by atoms with Crippen LogP contribution in [-0.4, -0.2) is 29.8 Å². The maximum Gasteiger partial charge on any atom is 0.335 e. The van der Waals surface area contributed by atoms with Gasteiger partial charge in [0.2, 0.25) is 5.91 Å². The van der Waals surface area contributed by atoms with Crippen molar-refractivity contribution in [1.82, 2.24) is 5.32 Å². The number of hydrogen-bond acceptors (Lipinski definition) is 3. The first-order valence-electron chi connectivity index (χ1n) is 4.72. The quantitative estimate of drug-likeness (QED) is 0.782. The summed E-state index contributed by atoms with van der Waals surface area (Å²) in [5.41, 5.74) is 0.999. The molecule has 1 aromatic rings. The van der Waals surface area contributed by atoms with Crippen LogP contribution in [0.15, 0.2) is 23.1 Å². The van der Waals surface area contributed by atoms with E-state index in [0.29, 0.717) is 5.75 Å². The zero-order valence-electron chi connectivity index (χ0n) is 9.11. The van der Waals surface area contributed by atoms with Gasteiger partial charge in [-0.25, -0.2) is 4.79 Å². The summed E-state index contributed by atoms with van der Waals surface area (Å²) in [6, 6.07) is 5.15. The Morgan fingerprint density at radius 1 is 1.44 bits per heavy atom. The minimum atomic E-state index is -0.945. The molecule has 0 saturated carbocycles. The highest BCUT2D eigenvalue weighted by Gasteiger charge is 2.08. The summed E-state index contributed by atoms with van der Waals surface area (Å²) in [5, 5.41) is 11.4. The van der Waals surface area contributed by atoms with Crippen molar-refractivity contribution in [3.63, 3.8) is 0 Å². The molecule has 0 heterocycles. The molecule has 4 nitrogen and oxygen atoms in total. The largest absolute Gasteiger partial charge is 0.478 e. The van der Waals surface area contributed by atoms with Crippen LogP contribution in [0, 0.1) is 6.92 Å². The van der Waals surface area contributed by atoms with Gasteiger partial charge in [0.15, 0.2) is 0 Å². The molecule has 86 valence electrons. The molecule has 0 aromatic heterocycles. The molecule has 16 heavy (non-hydrogen) atoms. The van der Waals surface area contributed by atoms with Gasteiger partial charge in [-0.05, 0) is 24.6 Å². The Kier molecular flexibility index (Phi) is 4.37. The van der Waals surface area contributed by atoms with E-state index in [1.165, 1.54) is 11.8 Å². The van der Waals surface area contributed by atoms with E-state index in [4.69, 9.17) is 5.11 Å². The molecule has 0 bridgehead atoms. The van der Waals surface area contributed by atoms with Crippen LogP contribution in [0.3, 0.4) is 0 Å². The third-order valence-corrected chi connectivity index (χ3v) is 3.08. The molecule has 0 saturated heterocycles. The van der Waals surface area contributed by atoms with E-state index in [0.717, 1.165) is 10.5 Å². The van der Waals surface area contributed by atoms with E-state index in [9.17, 15) is 9.59 Å². The molecule has 2 N–H and O–H groups in total. The van der Waals surface area contributed by atoms with Crippen LogP contribution in [0.4, 0.5) is 0 Å². The van der Waals surface area contributed by atoms with E-state index >= 15 is 0 Å². The summed E-state index contributed by atoms with van der Waals surface area (Å²) in [7, 11) is 1.57. The number of carbonyl (C=O) groups excluding carboxylic acids is 1. The molecule has 0 unspecified atom stereocenters. The summed E-state index contributed by atoms with van der Waals surface area (Å²) in [6.45, 7) is 1.75. The van der Waals surface area contributed by atoms with Crippen LogP contribution in [0.5, 0.6) is 0 Å². The van der Waals surface area contributed by atoms with Crippen molar-refractivity contribution in [3.8, 4) is 0 Å². The lowest BCUT2D eigenvalue weighted by atomic mass is 10.1. The van der Waals surface area contributed by atoms with Crippen LogP contribution >= 0.6 is 11.8 Å². The number of rotatable bonds is 4. The number of aromatic carboxylic acids is 1. The molecule has 1 rings (SSSR count). The summed E-state index contributed by atoms with van der Waals surface area (Å²) in [6.07, 6.45) is 0. The van der Waals surface area contributed by atoms with E-state index < -0.39 is 5.97 Å². The number of carboxylic acid groups (broad SMARTS) is 1. The zero-order chi connectivity index (χ0) is 12.1. The maximum absolute atomic E-state index is 11.0. The van der Waals surface area contributed by atoms with Crippen molar-refractivity contribution in [1.29, 1.82) is 0 Å². The van der Waals surface area contributed by atoms with Gasteiger partial charge in [0.1, 0.15) is 0 Å². The lowest BCUT2D eigenvalue weighted by molar-refractivity contribution is -0.118. The SMILES string of the molecule is CNC(=O)CSc1ccc(C)c(C(=O)O)c1. The average molecular weight is 239 g/mol. The highest BCUT2D eigenvalue weighted by Crippen LogP contribution is 2.21. The monoisotopic (exact) mass is 239 g/mol. The second-order valence-electron chi connectivity index (χ2n) is 3.24. The molecule has 0 spiro atoms. The first-order chi connectivity index (χ1) is 7.54.